The number of anilines is 1. The number of methoxy groups -OCH3 is 1. The first-order valence-electron chi connectivity index (χ1n) is 10.1. The van der Waals surface area contributed by atoms with Crippen LogP contribution in [0.3, 0.4) is 0 Å². The van der Waals surface area contributed by atoms with Crippen LogP contribution >= 0.6 is 15.9 Å². The Morgan fingerprint density at radius 1 is 1.03 bits per heavy atom. The van der Waals surface area contributed by atoms with E-state index >= 15 is 0 Å². The number of hydrogen-bond donors (Lipinski definition) is 0. The van der Waals surface area contributed by atoms with E-state index in [1.807, 2.05) is 51.1 Å². The van der Waals surface area contributed by atoms with Crippen molar-refractivity contribution in [3.63, 3.8) is 0 Å². The lowest BCUT2D eigenvalue weighted by atomic mass is 9.88. The Bertz CT molecular complexity index is 1270. The quantitative estimate of drug-likeness (QED) is 0.401. The fourth-order valence-corrected chi connectivity index (χ4v) is 5.99. The molecule has 0 aliphatic carbocycles. The number of carbonyl (C=O) groups excluding carboxylic acids is 1. The summed E-state index contributed by atoms with van der Waals surface area (Å²) in [5, 5.41) is 0. The van der Waals surface area contributed by atoms with Gasteiger partial charge in [0, 0.05) is 11.5 Å². The first-order valence-corrected chi connectivity index (χ1v) is 12.3. The monoisotopic (exact) mass is 515 g/mol. The van der Waals surface area contributed by atoms with Crippen LogP contribution in [0.1, 0.15) is 22.3 Å². The van der Waals surface area contributed by atoms with E-state index in [1.165, 1.54) is 18.5 Å². The second-order valence-corrected chi connectivity index (χ2v) is 10.5. The first kappa shape index (κ1) is 24.0. The molecule has 7 heteroatoms. The lowest BCUT2D eigenvalue weighted by molar-refractivity contribution is -0.139. The minimum absolute atomic E-state index is 0.0448. The highest BCUT2D eigenvalue weighted by Gasteiger charge is 2.27. The van der Waals surface area contributed by atoms with E-state index in [-0.39, 0.29) is 17.3 Å². The molecular weight excluding hydrogens is 490 g/mol. The molecule has 0 radical (unpaired) electrons. The second kappa shape index (κ2) is 9.46. The van der Waals surface area contributed by atoms with Crippen molar-refractivity contribution in [1.82, 2.24) is 0 Å². The van der Waals surface area contributed by atoms with E-state index in [1.54, 1.807) is 24.3 Å². The Labute approximate surface area is 198 Å². The predicted octanol–water partition coefficient (Wildman–Crippen LogP) is 5.58. The van der Waals surface area contributed by atoms with E-state index in [0.717, 1.165) is 33.4 Å². The Morgan fingerprint density at radius 2 is 1.66 bits per heavy atom. The molecule has 0 aromatic heterocycles. The van der Waals surface area contributed by atoms with E-state index in [2.05, 4.69) is 15.9 Å². The van der Waals surface area contributed by atoms with Crippen LogP contribution in [-0.4, -0.2) is 28.5 Å². The van der Waals surface area contributed by atoms with Gasteiger partial charge in [0.25, 0.3) is 10.0 Å². The summed E-state index contributed by atoms with van der Waals surface area (Å²) in [5.41, 5.74) is 5.89. The summed E-state index contributed by atoms with van der Waals surface area (Å²) >= 11 is 3.34. The molecule has 0 saturated carbocycles. The molecule has 0 aliphatic rings. The number of halogens is 1. The lowest BCUT2D eigenvalue weighted by Gasteiger charge is -2.26. The largest absolute Gasteiger partial charge is 0.469 e. The number of aryl methyl sites for hydroxylation is 2. The van der Waals surface area contributed by atoms with Gasteiger partial charge >= 0.3 is 5.97 Å². The molecule has 0 amide bonds. The third-order valence-corrected chi connectivity index (χ3v) is 8.37. The van der Waals surface area contributed by atoms with Crippen molar-refractivity contribution in [2.75, 3.05) is 18.5 Å². The molecule has 0 saturated heterocycles. The molecule has 0 N–H and O–H groups in total. The Balaban J connectivity index is 2.23. The highest BCUT2D eigenvalue weighted by atomic mass is 79.9. The van der Waals surface area contributed by atoms with Gasteiger partial charge in [-0.05, 0) is 82.7 Å². The number of ether oxygens (including phenoxy) is 1. The summed E-state index contributed by atoms with van der Waals surface area (Å²) in [6, 6.07) is 16.6. The summed E-state index contributed by atoms with van der Waals surface area (Å²) in [6.45, 7) is 5.79. The average molecular weight is 516 g/mol. The van der Waals surface area contributed by atoms with Crippen molar-refractivity contribution in [3.05, 3.63) is 81.3 Å². The van der Waals surface area contributed by atoms with Gasteiger partial charge in [0.1, 0.15) is 4.90 Å². The van der Waals surface area contributed by atoms with Crippen molar-refractivity contribution in [1.29, 1.82) is 0 Å². The number of hydrogen-bond acceptors (Lipinski definition) is 4. The van der Waals surface area contributed by atoms with Crippen molar-refractivity contribution in [2.45, 2.75) is 32.1 Å². The Morgan fingerprint density at radius 3 is 2.25 bits per heavy atom. The van der Waals surface area contributed by atoms with Gasteiger partial charge in [-0.15, -0.1) is 0 Å². The molecule has 3 aromatic rings. The summed E-state index contributed by atoms with van der Waals surface area (Å²) in [6.07, 6.45) is 0.0448. The van der Waals surface area contributed by atoms with Crippen LogP contribution in [0.5, 0.6) is 0 Å². The number of carbonyl (C=O) groups is 1. The topological polar surface area (TPSA) is 63.7 Å². The minimum atomic E-state index is -3.83. The smallest absolute Gasteiger partial charge is 0.310 e. The van der Waals surface area contributed by atoms with E-state index < -0.39 is 10.0 Å². The van der Waals surface area contributed by atoms with Crippen LogP contribution in [-0.2, 0) is 26.0 Å². The maximum Gasteiger partial charge on any atom is 0.310 e. The summed E-state index contributed by atoms with van der Waals surface area (Å²) in [4.78, 5) is 12.4. The average Bonchev–Trinajstić information content (AvgIpc) is 2.76. The SMILES string of the molecule is COC(=O)Cc1c(C)c(N(C)S(=O)(=O)c2ccccc2Br)cc(C)c1-c1ccc(C)cc1. The Kier molecular flexibility index (Phi) is 7.10. The second-order valence-electron chi connectivity index (χ2n) is 7.71. The fraction of sp³-hybridized carbons (Fsp3) is 0.240. The van der Waals surface area contributed by atoms with Crippen LogP contribution < -0.4 is 4.31 Å². The van der Waals surface area contributed by atoms with Gasteiger partial charge < -0.3 is 4.74 Å². The zero-order valence-electron chi connectivity index (χ0n) is 18.8. The van der Waals surface area contributed by atoms with Gasteiger partial charge in [-0.2, -0.15) is 0 Å². The van der Waals surface area contributed by atoms with Gasteiger partial charge in [-0.1, -0.05) is 42.0 Å². The minimum Gasteiger partial charge on any atom is -0.469 e. The van der Waals surface area contributed by atoms with Crippen molar-refractivity contribution >= 4 is 37.6 Å². The van der Waals surface area contributed by atoms with E-state index in [4.69, 9.17) is 4.74 Å². The lowest BCUT2D eigenvalue weighted by Crippen LogP contribution is -2.28. The Hall–Kier alpha value is -2.64. The molecule has 0 fully saturated rings. The zero-order valence-corrected chi connectivity index (χ0v) is 21.2. The summed E-state index contributed by atoms with van der Waals surface area (Å²) in [5.74, 6) is -0.380. The number of rotatable bonds is 6. The molecule has 3 rings (SSSR count). The van der Waals surface area contributed by atoms with Gasteiger partial charge in [0.15, 0.2) is 0 Å². The number of benzene rings is 3. The molecule has 168 valence electrons. The third kappa shape index (κ3) is 4.59. The van der Waals surface area contributed by atoms with Crippen molar-refractivity contribution < 1.29 is 17.9 Å². The van der Waals surface area contributed by atoms with Gasteiger partial charge in [0.05, 0.1) is 19.2 Å². The first-order chi connectivity index (χ1) is 15.1. The molecule has 0 spiro atoms. The standard InChI is InChI=1S/C25H26BrNO4S/c1-16-10-12-19(13-11-16)25-17(2)14-22(18(3)20(25)15-24(28)31-5)27(4)32(29,30)23-9-7-6-8-21(23)26/h6-14H,15H2,1-5H3. The molecule has 32 heavy (non-hydrogen) atoms. The van der Waals surface area contributed by atoms with Gasteiger partial charge in [-0.25, -0.2) is 8.42 Å². The highest BCUT2D eigenvalue weighted by molar-refractivity contribution is 9.10. The van der Waals surface area contributed by atoms with Crippen molar-refractivity contribution in [2.24, 2.45) is 0 Å². The molecule has 0 atom stereocenters. The molecule has 3 aromatic carbocycles. The normalized spacial score (nSPS) is 11.3. The van der Waals surface area contributed by atoms with E-state index in [0.29, 0.717) is 10.2 Å². The molecule has 0 unspecified atom stereocenters. The highest BCUT2D eigenvalue weighted by Crippen LogP contribution is 2.38. The van der Waals surface area contributed by atoms with Crippen LogP contribution in [0, 0.1) is 20.8 Å². The van der Waals surface area contributed by atoms with Crippen LogP contribution in [0.25, 0.3) is 11.1 Å². The van der Waals surface area contributed by atoms with Crippen LogP contribution in [0.4, 0.5) is 5.69 Å². The maximum atomic E-state index is 13.4. The molecular formula is C25H26BrNO4S. The van der Waals surface area contributed by atoms with Crippen LogP contribution in [0.2, 0.25) is 0 Å². The molecule has 0 aliphatic heterocycles. The summed E-state index contributed by atoms with van der Waals surface area (Å²) in [7, 11) is -0.943. The summed E-state index contributed by atoms with van der Waals surface area (Å²) < 4.78 is 33.5. The van der Waals surface area contributed by atoms with E-state index in [9.17, 15) is 13.2 Å². The van der Waals surface area contributed by atoms with Crippen molar-refractivity contribution in [3.8, 4) is 11.1 Å². The van der Waals surface area contributed by atoms with Gasteiger partial charge in [0.2, 0.25) is 0 Å². The number of sulfonamides is 1. The maximum absolute atomic E-state index is 13.4. The number of nitrogens with zero attached hydrogens (tertiary/aromatic N) is 1. The molecule has 5 nitrogen and oxygen atoms in total. The van der Waals surface area contributed by atoms with Crippen LogP contribution in [0.15, 0.2) is 64.0 Å². The zero-order chi connectivity index (χ0) is 23.6. The third-order valence-electron chi connectivity index (χ3n) is 5.59. The molecule has 0 bridgehead atoms. The van der Waals surface area contributed by atoms with Gasteiger partial charge in [-0.3, -0.25) is 9.10 Å². The molecule has 0 heterocycles. The number of esters is 1. The fourth-order valence-electron chi connectivity index (χ4n) is 3.78. The predicted molar refractivity (Wildman–Crippen MR) is 132 cm³/mol.